The van der Waals surface area contributed by atoms with Gasteiger partial charge in [0, 0.05) is 19.5 Å². The Morgan fingerprint density at radius 2 is 1.97 bits per heavy atom. The Morgan fingerprint density at radius 3 is 2.60 bits per heavy atom. The van der Waals surface area contributed by atoms with Gasteiger partial charge in [-0.3, -0.25) is 4.79 Å². The van der Waals surface area contributed by atoms with Gasteiger partial charge in [0.2, 0.25) is 5.91 Å². The summed E-state index contributed by atoms with van der Waals surface area (Å²) in [5.41, 5.74) is 1.62. The molecule has 4 rings (SSSR count). The SMILES string of the molecule is CC(O)[C@H]1C(=O)N2C(C(=O)O)=C3[C@H](CCC[C@@H]3N(C)C(=O)NCc3ccccc3)[C@H]12. The number of carboxylic acids is 1. The van der Waals surface area contributed by atoms with Crippen LogP contribution in [-0.4, -0.2) is 63.2 Å². The first-order valence-electron chi connectivity index (χ1n) is 10.4. The molecule has 1 saturated carbocycles. The highest BCUT2D eigenvalue weighted by Crippen LogP contribution is 2.52. The smallest absolute Gasteiger partial charge is 0.352 e. The van der Waals surface area contributed by atoms with Gasteiger partial charge < -0.3 is 25.3 Å². The number of nitrogens with zero attached hydrogens (tertiary/aromatic N) is 2. The highest BCUT2D eigenvalue weighted by molar-refractivity contribution is 6.00. The fourth-order valence-corrected chi connectivity index (χ4v) is 5.30. The molecular weight excluding hydrogens is 386 g/mol. The van der Waals surface area contributed by atoms with Crippen molar-refractivity contribution in [3.8, 4) is 0 Å². The number of fused-ring (bicyclic) bond motifs is 3. The Balaban J connectivity index is 1.58. The number of likely N-dealkylation sites (N-methyl/N-ethyl adjacent to an activating group) is 1. The highest BCUT2D eigenvalue weighted by Gasteiger charge is 2.62. The predicted octanol–water partition coefficient (Wildman–Crippen LogP) is 1.56. The van der Waals surface area contributed by atoms with E-state index < -0.39 is 24.0 Å². The van der Waals surface area contributed by atoms with Gasteiger partial charge in [-0.2, -0.15) is 0 Å². The highest BCUT2D eigenvalue weighted by atomic mass is 16.4. The number of nitrogens with one attached hydrogen (secondary N) is 1. The molecule has 8 heteroatoms. The van der Waals surface area contributed by atoms with E-state index in [0.717, 1.165) is 18.4 Å². The molecule has 3 aliphatic rings. The maximum absolute atomic E-state index is 12.8. The number of amides is 3. The van der Waals surface area contributed by atoms with E-state index in [1.807, 2.05) is 30.3 Å². The number of carbonyl (C=O) groups is 3. The van der Waals surface area contributed by atoms with Gasteiger partial charge in [0.05, 0.1) is 24.1 Å². The van der Waals surface area contributed by atoms with Gasteiger partial charge in [-0.1, -0.05) is 36.8 Å². The predicted molar refractivity (Wildman–Crippen MR) is 108 cm³/mol. The van der Waals surface area contributed by atoms with Gasteiger partial charge in [0.1, 0.15) is 5.70 Å². The molecule has 8 nitrogen and oxygen atoms in total. The minimum Gasteiger partial charge on any atom is -0.477 e. The molecule has 2 heterocycles. The van der Waals surface area contributed by atoms with Crippen LogP contribution in [0, 0.1) is 11.8 Å². The Bertz CT molecular complexity index is 897. The lowest BCUT2D eigenvalue weighted by molar-refractivity contribution is -0.163. The molecule has 2 fully saturated rings. The van der Waals surface area contributed by atoms with Crippen LogP contribution in [0.3, 0.4) is 0 Å². The van der Waals surface area contributed by atoms with Crippen molar-refractivity contribution < 1.29 is 24.6 Å². The number of carboxylic acid groups (broad SMARTS) is 1. The molecule has 1 unspecified atom stereocenters. The molecule has 160 valence electrons. The second-order valence-corrected chi connectivity index (χ2v) is 8.38. The molecule has 0 radical (unpaired) electrons. The molecule has 3 N–H and O–H groups in total. The van der Waals surface area contributed by atoms with Crippen LogP contribution in [0.2, 0.25) is 0 Å². The van der Waals surface area contributed by atoms with E-state index in [1.165, 1.54) is 4.90 Å². The van der Waals surface area contributed by atoms with Gasteiger partial charge in [-0.15, -0.1) is 0 Å². The van der Waals surface area contributed by atoms with Crippen molar-refractivity contribution in [2.75, 3.05) is 7.05 Å². The third-order valence-electron chi connectivity index (χ3n) is 6.66. The summed E-state index contributed by atoms with van der Waals surface area (Å²) in [6.07, 6.45) is 1.39. The minimum absolute atomic E-state index is 0.000639. The Morgan fingerprint density at radius 1 is 1.27 bits per heavy atom. The van der Waals surface area contributed by atoms with Crippen LogP contribution in [0.5, 0.6) is 0 Å². The van der Waals surface area contributed by atoms with Gasteiger partial charge >= 0.3 is 12.0 Å². The van der Waals surface area contributed by atoms with Crippen molar-refractivity contribution in [1.82, 2.24) is 15.1 Å². The lowest BCUT2D eigenvalue weighted by Gasteiger charge is -2.48. The zero-order valence-electron chi connectivity index (χ0n) is 17.1. The number of hydrogen-bond acceptors (Lipinski definition) is 4. The molecule has 0 aromatic heterocycles. The van der Waals surface area contributed by atoms with Gasteiger partial charge in [0.15, 0.2) is 0 Å². The first-order chi connectivity index (χ1) is 14.3. The number of β-lactam (4-membered cyclic amide) rings is 1. The van der Waals surface area contributed by atoms with E-state index in [-0.39, 0.29) is 29.6 Å². The fourth-order valence-electron chi connectivity index (χ4n) is 5.30. The quantitative estimate of drug-likeness (QED) is 0.635. The second-order valence-electron chi connectivity index (χ2n) is 8.38. The number of urea groups is 1. The number of aliphatic carboxylic acids is 1. The van der Waals surface area contributed by atoms with E-state index in [4.69, 9.17) is 0 Å². The van der Waals surface area contributed by atoms with Crippen LogP contribution < -0.4 is 5.32 Å². The van der Waals surface area contributed by atoms with E-state index in [1.54, 1.807) is 18.9 Å². The Labute approximate surface area is 175 Å². The second kappa shape index (κ2) is 7.75. The Kier molecular flexibility index (Phi) is 5.27. The van der Waals surface area contributed by atoms with Crippen LogP contribution in [0.25, 0.3) is 0 Å². The lowest BCUT2D eigenvalue weighted by atomic mass is 9.71. The molecule has 1 aliphatic carbocycles. The topological polar surface area (TPSA) is 110 Å². The van der Waals surface area contributed by atoms with Crippen LogP contribution in [0.4, 0.5) is 4.79 Å². The summed E-state index contributed by atoms with van der Waals surface area (Å²) in [5.74, 6) is -2.22. The summed E-state index contributed by atoms with van der Waals surface area (Å²) in [6, 6.07) is 8.55. The molecule has 0 bridgehead atoms. The zero-order chi connectivity index (χ0) is 21.6. The van der Waals surface area contributed by atoms with Crippen molar-refractivity contribution in [3.05, 3.63) is 47.2 Å². The zero-order valence-corrected chi connectivity index (χ0v) is 17.1. The van der Waals surface area contributed by atoms with Crippen molar-refractivity contribution in [2.45, 2.75) is 50.9 Å². The standard InChI is InChI=1S/C22H27N3O5/c1-12(26)16-18-14-9-6-10-15(17(14)19(21(28)29)25(18)20(16)27)24(2)22(30)23-11-13-7-4-3-5-8-13/h3-5,7-8,12,14-16,18,26H,6,9-11H2,1-2H3,(H,23,30)(H,28,29)/t12?,14-,15-,16+,18+/m0/s1. The summed E-state index contributed by atoms with van der Waals surface area (Å²) >= 11 is 0. The van der Waals surface area contributed by atoms with Crippen molar-refractivity contribution >= 4 is 17.9 Å². The fraction of sp³-hybridized carbons (Fsp3) is 0.500. The summed E-state index contributed by atoms with van der Waals surface area (Å²) in [6.45, 7) is 1.95. The average Bonchev–Trinajstić information content (AvgIpc) is 3.02. The van der Waals surface area contributed by atoms with Crippen molar-refractivity contribution in [1.29, 1.82) is 0 Å². The molecular formula is C22H27N3O5. The van der Waals surface area contributed by atoms with Crippen LogP contribution in [-0.2, 0) is 16.1 Å². The first kappa shape index (κ1) is 20.4. The number of hydrogen-bond donors (Lipinski definition) is 3. The van der Waals surface area contributed by atoms with E-state index in [2.05, 4.69) is 5.32 Å². The monoisotopic (exact) mass is 413 g/mol. The third kappa shape index (κ3) is 3.15. The maximum Gasteiger partial charge on any atom is 0.352 e. The summed E-state index contributed by atoms with van der Waals surface area (Å²) < 4.78 is 0. The number of carbonyl (C=O) groups excluding carboxylic acids is 2. The number of aliphatic hydroxyl groups excluding tert-OH is 1. The van der Waals surface area contributed by atoms with Gasteiger partial charge in [-0.05, 0) is 30.9 Å². The maximum atomic E-state index is 12.8. The normalized spacial score (nSPS) is 28.4. The molecule has 0 spiro atoms. The van der Waals surface area contributed by atoms with E-state index in [0.29, 0.717) is 18.5 Å². The molecule has 1 saturated heterocycles. The molecule has 30 heavy (non-hydrogen) atoms. The van der Waals surface area contributed by atoms with Crippen molar-refractivity contribution in [3.63, 3.8) is 0 Å². The van der Waals surface area contributed by atoms with Crippen molar-refractivity contribution in [2.24, 2.45) is 11.8 Å². The first-order valence-corrected chi connectivity index (χ1v) is 10.4. The van der Waals surface area contributed by atoms with Crippen LogP contribution in [0.15, 0.2) is 41.6 Å². The third-order valence-corrected chi connectivity index (χ3v) is 6.66. The molecule has 5 atom stereocenters. The number of aliphatic hydroxyl groups is 1. The lowest BCUT2D eigenvalue weighted by Crippen LogP contribution is -2.64. The van der Waals surface area contributed by atoms with Gasteiger partial charge in [0.25, 0.3) is 0 Å². The summed E-state index contributed by atoms with van der Waals surface area (Å²) in [4.78, 5) is 40.4. The molecule has 1 aromatic rings. The minimum atomic E-state index is -1.15. The molecule has 1 aromatic carbocycles. The summed E-state index contributed by atoms with van der Waals surface area (Å²) in [7, 11) is 1.67. The molecule has 3 amide bonds. The van der Waals surface area contributed by atoms with E-state index >= 15 is 0 Å². The number of rotatable bonds is 5. The number of benzene rings is 1. The van der Waals surface area contributed by atoms with Crippen LogP contribution in [0.1, 0.15) is 31.7 Å². The van der Waals surface area contributed by atoms with E-state index in [9.17, 15) is 24.6 Å². The van der Waals surface area contributed by atoms with Crippen LogP contribution >= 0.6 is 0 Å². The largest absolute Gasteiger partial charge is 0.477 e. The Hall–Kier alpha value is -2.87. The molecule has 2 aliphatic heterocycles. The summed E-state index contributed by atoms with van der Waals surface area (Å²) in [5, 5.41) is 22.8. The average molecular weight is 413 g/mol. The van der Waals surface area contributed by atoms with Gasteiger partial charge in [-0.25, -0.2) is 9.59 Å².